The van der Waals surface area contributed by atoms with Crippen LogP contribution in [0.5, 0.6) is 11.5 Å². The Morgan fingerprint density at radius 3 is 2.47 bits per heavy atom. The molecule has 0 atom stereocenters. The van der Waals surface area contributed by atoms with E-state index in [0.717, 1.165) is 59.7 Å². The molecule has 0 radical (unpaired) electrons. The van der Waals surface area contributed by atoms with E-state index >= 15 is 0 Å². The fourth-order valence-electron chi connectivity index (χ4n) is 5.12. The van der Waals surface area contributed by atoms with Crippen molar-refractivity contribution in [3.05, 3.63) is 77.0 Å². The minimum absolute atomic E-state index is 0.0357. The third kappa shape index (κ3) is 3.72. The molecular formula is C28H29N3O3. The van der Waals surface area contributed by atoms with E-state index in [1.165, 1.54) is 25.1 Å². The Bertz CT molecular complexity index is 1380. The fourth-order valence-corrected chi connectivity index (χ4v) is 5.12. The lowest BCUT2D eigenvalue weighted by molar-refractivity contribution is 0.0820. The Morgan fingerprint density at radius 2 is 1.76 bits per heavy atom. The van der Waals surface area contributed by atoms with Gasteiger partial charge in [-0.25, -0.2) is 4.98 Å². The van der Waals surface area contributed by atoms with Gasteiger partial charge >= 0.3 is 0 Å². The molecule has 6 rings (SSSR count). The van der Waals surface area contributed by atoms with Gasteiger partial charge in [0.1, 0.15) is 17.1 Å². The molecule has 4 aromatic rings. The van der Waals surface area contributed by atoms with Gasteiger partial charge in [-0.3, -0.25) is 4.79 Å². The Morgan fingerprint density at radius 1 is 0.971 bits per heavy atom. The molecule has 1 aliphatic heterocycles. The van der Waals surface area contributed by atoms with Gasteiger partial charge in [0.15, 0.2) is 5.75 Å². The lowest BCUT2D eigenvalue weighted by Gasteiger charge is -2.32. The number of para-hydroxylation sites is 1. The van der Waals surface area contributed by atoms with Crippen LogP contribution in [0.3, 0.4) is 0 Å². The van der Waals surface area contributed by atoms with Gasteiger partial charge in [-0.1, -0.05) is 18.2 Å². The van der Waals surface area contributed by atoms with Crippen LogP contribution in [-0.2, 0) is 11.8 Å². The maximum atomic E-state index is 12.0. The second kappa shape index (κ2) is 8.76. The van der Waals surface area contributed by atoms with E-state index in [4.69, 9.17) is 14.5 Å². The zero-order valence-corrected chi connectivity index (χ0v) is 19.4. The lowest BCUT2D eigenvalue weighted by atomic mass is 9.91. The first kappa shape index (κ1) is 21.2. The Balaban J connectivity index is 1.58. The summed E-state index contributed by atoms with van der Waals surface area (Å²) in [7, 11) is 1.77. The van der Waals surface area contributed by atoms with Gasteiger partial charge in [0.05, 0.1) is 5.52 Å². The van der Waals surface area contributed by atoms with Crippen LogP contribution >= 0.6 is 0 Å². The third-order valence-corrected chi connectivity index (χ3v) is 7.23. The summed E-state index contributed by atoms with van der Waals surface area (Å²) in [6, 6.07) is 18.1. The molecule has 1 saturated carbocycles. The van der Waals surface area contributed by atoms with Gasteiger partial charge in [0.2, 0.25) is 5.56 Å². The molecule has 2 aliphatic rings. The first-order valence-electron chi connectivity index (χ1n) is 12.2. The van der Waals surface area contributed by atoms with E-state index in [1.807, 2.05) is 42.6 Å². The lowest BCUT2D eigenvalue weighted by Crippen LogP contribution is -2.23. The van der Waals surface area contributed by atoms with Gasteiger partial charge in [-0.05, 0) is 62.4 Å². The van der Waals surface area contributed by atoms with Crippen molar-refractivity contribution in [2.45, 2.75) is 44.1 Å². The monoisotopic (exact) mass is 455 g/mol. The largest absolute Gasteiger partial charge is 0.454 e. The van der Waals surface area contributed by atoms with Crippen molar-refractivity contribution < 1.29 is 9.47 Å². The summed E-state index contributed by atoms with van der Waals surface area (Å²) in [5.74, 6) is 3.08. The number of imidazole rings is 1. The highest BCUT2D eigenvalue weighted by Gasteiger charge is 2.31. The molecule has 0 amide bonds. The maximum Gasteiger partial charge on any atom is 0.250 e. The molecule has 174 valence electrons. The van der Waals surface area contributed by atoms with E-state index in [0.29, 0.717) is 12.0 Å². The topological polar surface area (TPSA) is 58.3 Å². The van der Waals surface area contributed by atoms with Crippen LogP contribution in [0.2, 0.25) is 0 Å². The molecule has 1 saturated heterocycles. The summed E-state index contributed by atoms with van der Waals surface area (Å²) in [5, 5.41) is 0. The summed E-state index contributed by atoms with van der Waals surface area (Å²) in [6.07, 6.45) is 7.51. The number of benzene rings is 2. The van der Waals surface area contributed by atoms with Gasteiger partial charge in [-0.2, -0.15) is 0 Å². The molecule has 34 heavy (non-hydrogen) atoms. The molecule has 3 heterocycles. The zero-order valence-electron chi connectivity index (χ0n) is 19.4. The van der Waals surface area contributed by atoms with E-state index < -0.39 is 0 Å². The quantitative estimate of drug-likeness (QED) is 0.381. The van der Waals surface area contributed by atoms with Crippen molar-refractivity contribution >= 4 is 11.0 Å². The highest BCUT2D eigenvalue weighted by Crippen LogP contribution is 2.44. The van der Waals surface area contributed by atoms with Crippen molar-refractivity contribution in [3.63, 3.8) is 0 Å². The van der Waals surface area contributed by atoms with Crippen LogP contribution in [0.25, 0.3) is 22.2 Å². The maximum absolute atomic E-state index is 12.0. The van der Waals surface area contributed by atoms with E-state index in [-0.39, 0.29) is 5.56 Å². The average molecular weight is 456 g/mol. The van der Waals surface area contributed by atoms with Crippen LogP contribution in [0.15, 0.2) is 65.6 Å². The fraction of sp³-hybridized carbons (Fsp3) is 0.357. The molecule has 2 fully saturated rings. The SMILES string of the molecule is Cn1cc(-c2ccc3c(nc(C4CCOCC4)n3C3CCC3)c2Oc2ccccc2)ccc1=O. The molecule has 1 aliphatic carbocycles. The zero-order chi connectivity index (χ0) is 23.1. The van der Waals surface area contributed by atoms with E-state index in [2.05, 4.69) is 16.7 Å². The predicted octanol–water partition coefficient (Wildman–Crippen LogP) is 5.81. The van der Waals surface area contributed by atoms with E-state index in [1.54, 1.807) is 17.7 Å². The summed E-state index contributed by atoms with van der Waals surface area (Å²) >= 11 is 0. The Hall–Kier alpha value is -3.38. The Labute approximate surface area is 198 Å². The molecule has 2 aromatic carbocycles. The minimum Gasteiger partial charge on any atom is -0.454 e. The van der Waals surface area contributed by atoms with Crippen LogP contribution in [0, 0.1) is 0 Å². The molecule has 0 bridgehead atoms. The molecule has 6 heteroatoms. The summed E-state index contributed by atoms with van der Waals surface area (Å²) in [6.45, 7) is 1.57. The number of aryl methyl sites for hydroxylation is 1. The van der Waals surface area contributed by atoms with Gasteiger partial charge < -0.3 is 18.6 Å². The van der Waals surface area contributed by atoms with Crippen LogP contribution in [-0.4, -0.2) is 27.3 Å². The number of fused-ring (bicyclic) bond motifs is 1. The number of nitrogens with zero attached hydrogens (tertiary/aromatic N) is 3. The van der Waals surface area contributed by atoms with Crippen LogP contribution in [0.4, 0.5) is 0 Å². The first-order chi connectivity index (χ1) is 16.7. The smallest absolute Gasteiger partial charge is 0.250 e. The van der Waals surface area contributed by atoms with Gasteiger partial charge in [0.25, 0.3) is 0 Å². The highest BCUT2D eigenvalue weighted by atomic mass is 16.5. The number of pyridine rings is 1. The number of hydrogen-bond donors (Lipinski definition) is 0. The van der Waals surface area contributed by atoms with Crippen molar-refractivity contribution in [2.75, 3.05) is 13.2 Å². The van der Waals surface area contributed by atoms with Crippen molar-refractivity contribution in [1.29, 1.82) is 0 Å². The molecule has 2 aromatic heterocycles. The Kier molecular flexibility index (Phi) is 5.46. The predicted molar refractivity (Wildman–Crippen MR) is 133 cm³/mol. The standard InChI is InChI=1S/C28H29N3O3/c1-30-18-20(10-13-25(30)32)23-11-12-24-26(27(23)34-22-8-3-2-4-9-22)29-28(19-14-16-33-17-15-19)31(24)21-6-5-7-21/h2-4,8-13,18-19,21H,5-7,14-17H2,1H3. The molecule has 0 N–H and O–H groups in total. The number of hydrogen-bond acceptors (Lipinski definition) is 4. The molecular weight excluding hydrogens is 426 g/mol. The van der Waals surface area contributed by atoms with Gasteiger partial charge in [-0.15, -0.1) is 0 Å². The highest BCUT2D eigenvalue weighted by molar-refractivity contribution is 5.91. The second-order valence-corrected chi connectivity index (χ2v) is 9.40. The molecule has 6 nitrogen and oxygen atoms in total. The normalized spacial score (nSPS) is 17.1. The molecule has 0 spiro atoms. The second-order valence-electron chi connectivity index (χ2n) is 9.40. The average Bonchev–Trinajstić information content (AvgIpc) is 3.21. The number of aromatic nitrogens is 3. The third-order valence-electron chi connectivity index (χ3n) is 7.23. The number of rotatable bonds is 5. The van der Waals surface area contributed by atoms with Gasteiger partial charge in [0, 0.05) is 55.6 Å². The van der Waals surface area contributed by atoms with Crippen LogP contribution < -0.4 is 10.3 Å². The summed E-state index contributed by atoms with van der Waals surface area (Å²) < 4.78 is 16.3. The van der Waals surface area contributed by atoms with Crippen LogP contribution in [0.1, 0.15) is 49.9 Å². The minimum atomic E-state index is -0.0357. The number of ether oxygens (including phenoxy) is 2. The van der Waals surface area contributed by atoms with Crippen molar-refractivity contribution in [1.82, 2.24) is 14.1 Å². The van der Waals surface area contributed by atoms with Crippen molar-refractivity contribution in [3.8, 4) is 22.6 Å². The molecule has 0 unspecified atom stereocenters. The first-order valence-corrected chi connectivity index (χ1v) is 12.2. The summed E-state index contributed by atoms with van der Waals surface area (Å²) in [5.41, 5.74) is 3.85. The summed E-state index contributed by atoms with van der Waals surface area (Å²) in [4.78, 5) is 17.3. The van der Waals surface area contributed by atoms with Crippen molar-refractivity contribution in [2.24, 2.45) is 7.05 Å². The van der Waals surface area contributed by atoms with E-state index in [9.17, 15) is 4.79 Å².